The lowest BCUT2D eigenvalue weighted by Gasteiger charge is -2.25. The minimum atomic E-state index is -0.269. The second-order valence-corrected chi connectivity index (χ2v) is 6.26. The Bertz CT molecular complexity index is 789. The fraction of sp³-hybridized carbons (Fsp3) is 0.357. The highest BCUT2D eigenvalue weighted by molar-refractivity contribution is 7.16. The standard InChI is InChI=1S/C14H14N6O2S/c1-9(21)19-3-2-10-11(4-15)14(23-12(10)5-19)18-13(22)6-20-8-16-7-17-20/h7-8H,2-3,5-6H2,1H3,(H,18,22). The third-order valence-electron chi connectivity index (χ3n) is 3.64. The molecule has 1 aliphatic heterocycles. The Balaban J connectivity index is 1.79. The molecule has 0 aliphatic carbocycles. The monoisotopic (exact) mass is 330 g/mol. The van der Waals surface area contributed by atoms with Gasteiger partial charge in [0.05, 0.1) is 12.1 Å². The topological polar surface area (TPSA) is 104 Å². The molecule has 1 N–H and O–H groups in total. The second-order valence-electron chi connectivity index (χ2n) is 5.15. The Kier molecular flexibility index (Phi) is 4.08. The second kappa shape index (κ2) is 6.18. The van der Waals surface area contributed by atoms with Gasteiger partial charge in [-0.1, -0.05) is 0 Å². The summed E-state index contributed by atoms with van der Waals surface area (Å²) < 4.78 is 1.41. The predicted octanol–water partition coefficient (Wildman–Crippen LogP) is 0.755. The van der Waals surface area contributed by atoms with Crippen molar-refractivity contribution in [2.24, 2.45) is 0 Å². The number of aromatic nitrogens is 3. The van der Waals surface area contributed by atoms with Crippen LogP contribution in [0.2, 0.25) is 0 Å². The van der Waals surface area contributed by atoms with Gasteiger partial charge < -0.3 is 10.2 Å². The summed E-state index contributed by atoms with van der Waals surface area (Å²) in [5, 5.41) is 16.6. The van der Waals surface area contributed by atoms with E-state index >= 15 is 0 Å². The van der Waals surface area contributed by atoms with Crippen LogP contribution in [0, 0.1) is 11.3 Å². The molecule has 0 atom stereocenters. The first kappa shape index (κ1) is 15.2. The molecule has 0 radical (unpaired) electrons. The molecular formula is C14H14N6O2S. The van der Waals surface area contributed by atoms with E-state index in [1.54, 1.807) is 4.90 Å². The average molecular weight is 330 g/mol. The van der Waals surface area contributed by atoms with Gasteiger partial charge in [0.2, 0.25) is 11.8 Å². The van der Waals surface area contributed by atoms with Crippen LogP contribution >= 0.6 is 11.3 Å². The van der Waals surface area contributed by atoms with E-state index in [1.165, 1.54) is 35.6 Å². The smallest absolute Gasteiger partial charge is 0.246 e. The minimum Gasteiger partial charge on any atom is -0.337 e. The minimum absolute atomic E-state index is 0.0133. The van der Waals surface area contributed by atoms with Crippen molar-refractivity contribution in [2.45, 2.75) is 26.4 Å². The fourth-order valence-corrected chi connectivity index (χ4v) is 3.74. The zero-order valence-electron chi connectivity index (χ0n) is 12.4. The van der Waals surface area contributed by atoms with Crippen molar-refractivity contribution in [3.63, 3.8) is 0 Å². The van der Waals surface area contributed by atoms with Gasteiger partial charge in [-0.2, -0.15) is 10.4 Å². The number of nitrogens with zero attached hydrogens (tertiary/aromatic N) is 5. The van der Waals surface area contributed by atoms with Crippen molar-refractivity contribution < 1.29 is 9.59 Å². The Hall–Kier alpha value is -2.73. The molecule has 1 aliphatic rings. The van der Waals surface area contributed by atoms with Gasteiger partial charge in [0.15, 0.2) is 0 Å². The number of anilines is 1. The molecule has 0 bridgehead atoms. The van der Waals surface area contributed by atoms with Crippen LogP contribution in [0.25, 0.3) is 0 Å². The van der Waals surface area contributed by atoms with Crippen molar-refractivity contribution in [3.05, 3.63) is 28.7 Å². The third kappa shape index (κ3) is 3.07. The molecule has 118 valence electrons. The summed E-state index contributed by atoms with van der Waals surface area (Å²) in [5.41, 5.74) is 1.44. The van der Waals surface area contributed by atoms with Gasteiger partial charge in [-0.15, -0.1) is 11.3 Å². The SMILES string of the molecule is CC(=O)N1CCc2c(sc(NC(=O)Cn3cncn3)c2C#N)C1. The van der Waals surface area contributed by atoms with Crippen LogP contribution in [-0.2, 0) is 29.1 Å². The predicted molar refractivity (Wildman–Crippen MR) is 82.5 cm³/mol. The summed E-state index contributed by atoms with van der Waals surface area (Å²) in [6.07, 6.45) is 3.44. The summed E-state index contributed by atoms with van der Waals surface area (Å²) in [5.74, 6) is -0.256. The number of hydrogen-bond acceptors (Lipinski definition) is 6. The van der Waals surface area contributed by atoms with E-state index in [4.69, 9.17) is 0 Å². The maximum Gasteiger partial charge on any atom is 0.246 e. The molecule has 2 aromatic rings. The number of carbonyl (C=O) groups excluding carboxylic acids is 2. The summed E-state index contributed by atoms with van der Waals surface area (Å²) in [7, 11) is 0. The van der Waals surface area contributed by atoms with Crippen LogP contribution < -0.4 is 5.32 Å². The van der Waals surface area contributed by atoms with Crippen molar-refractivity contribution in [2.75, 3.05) is 11.9 Å². The number of nitrogens with one attached hydrogen (secondary N) is 1. The summed E-state index contributed by atoms with van der Waals surface area (Å²) in [4.78, 5) is 30.0. The van der Waals surface area contributed by atoms with E-state index in [2.05, 4.69) is 21.5 Å². The fourth-order valence-electron chi connectivity index (χ4n) is 2.51. The summed E-state index contributed by atoms with van der Waals surface area (Å²) in [6, 6.07) is 2.17. The van der Waals surface area contributed by atoms with Gasteiger partial charge in [0, 0.05) is 18.3 Å². The van der Waals surface area contributed by atoms with Gasteiger partial charge in [-0.3, -0.25) is 9.59 Å². The number of hydrogen-bond donors (Lipinski definition) is 1. The average Bonchev–Trinajstić information content (AvgIpc) is 3.13. The lowest BCUT2D eigenvalue weighted by molar-refractivity contribution is -0.129. The molecule has 0 unspecified atom stereocenters. The Labute approximate surface area is 136 Å². The van der Waals surface area contributed by atoms with Crippen LogP contribution in [0.3, 0.4) is 0 Å². The Morgan fingerprint density at radius 1 is 1.52 bits per heavy atom. The zero-order chi connectivity index (χ0) is 16.4. The molecule has 0 saturated carbocycles. The van der Waals surface area contributed by atoms with Gasteiger partial charge in [-0.05, 0) is 12.0 Å². The maximum absolute atomic E-state index is 12.1. The highest BCUT2D eigenvalue weighted by Gasteiger charge is 2.26. The summed E-state index contributed by atoms with van der Waals surface area (Å²) >= 11 is 1.36. The van der Waals surface area contributed by atoms with Crippen LogP contribution in [0.4, 0.5) is 5.00 Å². The summed E-state index contributed by atoms with van der Waals surface area (Å²) in [6.45, 7) is 2.65. The van der Waals surface area contributed by atoms with Crippen LogP contribution in [-0.4, -0.2) is 38.0 Å². The quantitative estimate of drug-likeness (QED) is 0.894. The van der Waals surface area contributed by atoms with E-state index in [9.17, 15) is 14.9 Å². The molecule has 0 saturated heterocycles. The maximum atomic E-state index is 12.1. The number of amides is 2. The lowest BCUT2D eigenvalue weighted by Crippen LogP contribution is -2.33. The molecule has 2 aromatic heterocycles. The molecule has 9 heteroatoms. The molecule has 3 rings (SSSR count). The van der Waals surface area contributed by atoms with Gasteiger partial charge >= 0.3 is 0 Å². The highest BCUT2D eigenvalue weighted by Crippen LogP contribution is 2.36. The van der Waals surface area contributed by atoms with Crippen molar-refractivity contribution in [1.29, 1.82) is 5.26 Å². The molecule has 23 heavy (non-hydrogen) atoms. The normalized spacial score (nSPS) is 13.3. The van der Waals surface area contributed by atoms with Crippen LogP contribution in [0.1, 0.15) is 22.9 Å². The van der Waals surface area contributed by atoms with E-state index < -0.39 is 0 Å². The first-order chi connectivity index (χ1) is 11.1. The van der Waals surface area contributed by atoms with E-state index in [0.717, 1.165) is 10.4 Å². The number of thiophene rings is 1. The van der Waals surface area contributed by atoms with E-state index in [0.29, 0.717) is 30.1 Å². The molecular weight excluding hydrogens is 316 g/mol. The highest BCUT2D eigenvalue weighted by atomic mass is 32.1. The molecule has 2 amide bonds. The number of fused-ring (bicyclic) bond motifs is 1. The largest absolute Gasteiger partial charge is 0.337 e. The van der Waals surface area contributed by atoms with Gasteiger partial charge in [0.25, 0.3) is 0 Å². The van der Waals surface area contributed by atoms with E-state index in [-0.39, 0.29) is 18.4 Å². The molecule has 8 nitrogen and oxygen atoms in total. The molecule has 0 fully saturated rings. The third-order valence-corrected chi connectivity index (χ3v) is 4.77. The first-order valence-corrected chi connectivity index (χ1v) is 7.82. The van der Waals surface area contributed by atoms with Crippen LogP contribution in [0.15, 0.2) is 12.7 Å². The molecule has 0 spiro atoms. The van der Waals surface area contributed by atoms with Gasteiger partial charge in [-0.25, -0.2) is 9.67 Å². The molecule has 0 aromatic carbocycles. The number of carbonyl (C=O) groups is 2. The number of nitriles is 1. The first-order valence-electron chi connectivity index (χ1n) is 7.01. The van der Waals surface area contributed by atoms with Crippen molar-refractivity contribution in [1.82, 2.24) is 19.7 Å². The Morgan fingerprint density at radius 3 is 3.00 bits per heavy atom. The number of rotatable bonds is 3. The zero-order valence-corrected chi connectivity index (χ0v) is 13.3. The van der Waals surface area contributed by atoms with Crippen molar-refractivity contribution >= 4 is 28.2 Å². The van der Waals surface area contributed by atoms with E-state index in [1.807, 2.05) is 0 Å². The van der Waals surface area contributed by atoms with Gasteiger partial charge in [0.1, 0.15) is 30.3 Å². The Morgan fingerprint density at radius 2 is 2.35 bits per heavy atom. The van der Waals surface area contributed by atoms with Crippen LogP contribution in [0.5, 0.6) is 0 Å². The molecule has 3 heterocycles. The lowest BCUT2D eigenvalue weighted by atomic mass is 10.0. The van der Waals surface area contributed by atoms with Crippen molar-refractivity contribution in [3.8, 4) is 6.07 Å².